The number of benzene rings is 1. The van der Waals surface area contributed by atoms with Gasteiger partial charge in [0.05, 0.1) is 21.4 Å². The predicted molar refractivity (Wildman–Crippen MR) is 123 cm³/mol. The van der Waals surface area contributed by atoms with E-state index in [4.69, 9.17) is 11.6 Å². The molecule has 1 amide bonds. The molecule has 2 aromatic heterocycles. The minimum atomic E-state index is -3.64. The van der Waals surface area contributed by atoms with Crippen molar-refractivity contribution < 1.29 is 13.2 Å². The normalized spacial score (nSPS) is 12.0. The van der Waals surface area contributed by atoms with Crippen LogP contribution in [-0.4, -0.2) is 48.4 Å². The van der Waals surface area contributed by atoms with Crippen molar-refractivity contribution in [3.05, 3.63) is 39.5 Å². The maximum atomic E-state index is 12.6. The highest BCUT2D eigenvalue weighted by atomic mass is 35.5. The molecule has 0 saturated carbocycles. The second-order valence-corrected chi connectivity index (χ2v) is 11.5. The summed E-state index contributed by atoms with van der Waals surface area (Å²) in [6.07, 6.45) is 0. The highest BCUT2D eigenvalue weighted by Gasteiger charge is 2.20. The van der Waals surface area contributed by atoms with E-state index in [0.717, 1.165) is 25.1 Å². The predicted octanol–water partition coefficient (Wildman–Crippen LogP) is 4.25. The lowest BCUT2D eigenvalue weighted by atomic mass is 10.2. The molecule has 11 heteroatoms. The molecule has 0 atom stereocenters. The van der Waals surface area contributed by atoms with Gasteiger partial charge in [0, 0.05) is 24.4 Å². The lowest BCUT2D eigenvalue weighted by Crippen LogP contribution is -2.22. The van der Waals surface area contributed by atoms with E-state index in [1.54, 1.807) is 11.3 Å². The van der Waals surface area contributed by atoms with Crippen LogP contribution in [0.25, 0.3) is 10.2 Å². The first-order chi connectivity index (χ1) is 14.0. The Morgan fingerprint density at radius 3 is 2.60 bits per heavy atom. The Hall–Kier alpha value is -1.72. The molecular formula is C19H21ClN4O3S3. The van der Waals surface area contributed by atoms with E-state index in [2.05, 4.69) is 15.3 Å². The summed E-state index contributed by atoms with van der Waals surface area (Å²) in [6, 6.07) is 4.22. The molecule has 0 fully saturated rings. The summed E-state index contributed by atoms with van der Waals surface area (Å²) >= 11 is 9.08. The van der Waals surface area contributed by atoms with Crippen molar-refractivity contribution in [3.63, 3.8) is 0 Å². The van der Waals surface area contributed by atoms with E-state index in [9.17, 15) is 13.2 Å². The smallest absolute Gasteiger partial charge is 0.242 e. The monoisotopic (exact) mass is 484 g/mol. The quantitative estimate of drug-likeness (QED) is 0.415. The molecule has 1 aromatic carbocycles. The molecule has 160 valence electrons. The zero-order valence-electron chi connectivity index (χ0n) is 17.1. The Labute approximate surface area is 188 Å². The fourth-order valence-electron chi connectivity index (χ4n) is 2.71. The van der Waals surface area contributed by atoms with Gasteiger partial charge in [0.25, 0.3) is 0 Å². The van der Waals surface area contributed by atoms with E-state index >= 15 is 0 Å². The Balaban J connectivity index is 1.80. The van der Waals surface area contributed by atoms with Gasteiger partial charge in [-0.15, -0.1) is 11.3 Å². The Morgan fingerprint density at radius 2 is 1.93 bits per heavy atom. The highest BCUT2D eigenvalue weighted by molar-refractivity contribution is 8.00. The van der Waals surface area contributed by atoms with Crippen LogP contribution in [0.1, 0.15) is 16.3 Å². The largest absolute Gasteiger partial charge is 0.324 e. The number of aryl methyl sites for hydroxylation is 3. The second kappa shape index (κ2) is 8.80. The minimum Gasteiger partial charge on any atom is -0.324 e. The maximum Gasteiger partial charge on any atom is 0.242 e. The molecule has 3 rings (SSSR count). The third-order valence-corrected chi connectivity index (χ3v) is 8.65. The number of halogens is 1. The number of anilines is 1. The summed E-state index contributed by atoms with van der Waals surface area (Å²) < 4.78 is 25.8. The zero-order chi connectivity index (χ0) is 22.2. The van der Waals surface area contributed by atoms with Gasteiger partial charge in [-0.05, 0) is 44.5 Å². The van der Waals surface area contributed by atoms with E-state index in [-0.39, 0.29) is 27.3 Å². The van der Waals surface area contributed by atoms with Gasteiger partial charge >= 0.3 is 0 Å². The van der Waals surface area contributed by atoms with Crippen molar-refractivity contribution in [2.75, 3.05) is 25.2 Å². The third-order valence-electron chi connectivity index (χ3n) is 4.44. The molecule has 0 bridgehead atoms. The zero-order valence-corrected chi connectivity index (χ0v) is 20.3. The first kappa shape index (κ1) is 23.0. The van der Waals surface area contributed by atoms with Gasteiger partial charge in [-0.2, -0.15) is 0 Å². The van der Waals surface area contributed by atoms with Gasteiger partial charge in [0.1, 0.15) is 15.7 Å². The average molecular weight is 485 g/mol. The number of aromatic nitrogens is 2. The standard InChI is InChI=1S/C19H21ClN4O3S3/c1-10-11(2)29-19-17(10)18(21-12(3)22-19)28-9-16(25)23-15-8-13(6-7-14(15)20)30(26,27)24(4)5/h6-8H,9H2,1-5H3,(H,23,25). The van der Waals surface area contributed by atoms with Gasteiger partial charge in [-0.3, -0.25) is 4.79 Å². The SMILES string of the molecule is Cc1nc(SCC(=O)Nc2cc(S(=O)(=O)N(C)C)ccc2Cl)c2c(C)c(C)sc2n1. The van der Waals surface area contributed by atoms with Crippen molar-refractivity contribution in [2.24, 2.45) is 0 Å². The highest BCUT2D eigenvalue weighted by Crippen LogP contribution is 2.35. The molecule has 1 N–H and O–H groups in total. The number of thiophene rings is 1. The van der Waals surface area contributed by atoms with Crippen LogP contribution in [0.5, 0.6) is 0 Å². The molecule has 0 spiro atoms. The summed E-state index contributed by atoms with van der Waals surface area (Å²) in [4.78, 5) is 23.7. The van der Waals surface area contributed by atoms with Crippen molar-refractivity contribution >= 4 is 66.5 Å². The molecule has 3 aromatic rings. The van der Waals surface area contributed by atoms with Crippen LogP contribution < -0.4 is 5.32 Å². The number of nitrogens with one attached hydrogen (secondary N) is 1. The van der Waals surface area contributed by atoms with Gasteiger partial charge < -0.3 is 5.32 Å². The molecule has 30 heavy (non-hydrogen) atoms. The fourth-order valence-corrected chi connectivity index (χ4v) is 5.87. The molecule has 2 heterocycles. The number of sulfonamides is 1. The van der Waals surface area contributed by atoms with Crippen LogP contribution in [0.3, 0.4) is 0 Å². The number of nitrogens with zero attached hydrogens (tertiary/aromatic N) is 3. The van der Waals surface area contributed by atoms with Crippen LogP contribution in [0.15, 0.2) is 28.1 Å². The molecule has 0 aliphatic rings. The van der Waals surface area contributed by atoms with Gasteiger partial charge in [-0.25, -0.2) is 22.7 Å². The summed E-state index contributed by atoms with van der Waals surface area (Å²) in [6.45, 7) is 5.88. The van der Waals surface area contributed by atoms with Gasteiger partial charge in [0.15, 0.2) is 0 Å². The van der Waals surface area contributed by atoms with Gasteiger partial charge in [0.2, 0.25) is 15.9 Å². The van der Waals surface area contributed by atoms with E-state index in [1.165, 1.54) is 48.9 Å². The minimum absolute atomic E-state index is 0.0531. The second-order valence-electron chi connectivity index (χ2n) is 6.81. The topological polar surface area (TPSA) is 92.3 Å². The Bertz CT molecular complexity index is 1240. The average Bonchev–Trinajstić information content (AvgIpc) is 2.95. The third kappa shape index (κ3) is 4.62. The molecule has 0 radical (unpaired) electrons. The van der Waals surface area contributed by atoms with Crippen molar-refractivity contribution in [3.8, 4) is 0 Å². The van der Waals surface area contributed by atoms with Crippen molar-refractivity contribution in [1.29, 1.82) is 0 Å². The summed E-state index contributed by atoms with van der Waals surface area (Å²) in [7, 11) is -0.753. The van der Waals surface area contributed by atoms with Crippen LogP contribution in [0.2, 0.25) is 5.02 Å². The van der Waals surface area contributed by atoms with Crippen LogP contribution in [-0.2, 0) is 14.8 Å². The van der Waals surface area contributed by atoms with Crippen molar-refractivity contribution in [2.45, 2.75) is 30.7 Å². The molecule has 0 unspecified atom stereocenters. The first-order valence-electron chi connectivity index (χ1n) is 8.89. The Kier molecular flexibility index (Phi) is 6.73. The summed E-state index contributed by atoms with van der Waals surface area (Å²) in [5.74, 6) is 0.438. The Morgan fingerprint density at radius 1 is 1.23 bits per heavy atom. The van der Waals surface area contributed by atoms with E-state index in [0.29, 0.717) is 5.82 Å². The maximum absolute atomic E-state index is 12.6. The fraction of sp³-hybridized carbons (Fsp3) is 0.316. The number of hydrogen-bond acceptors (Lipinski definition) is 7. The molecule has 0 saturated heterocycles. The lowest BCUT2D eigenvalue weighted by Gasteiger charge is -2.14. The number of fused-ring (bicyclic) bond motifs is 1. The summed E-state index contributed by atoms with van der Waals surface area (Å²) in [5.41, 5.74) is 1.36. The summed E-state index contributed by atoms with van der Waals surface area (Å²) in [5, 5.41) is 4.68. The van der Waals surface area contributed by atoms with Crippen molar-refractivity contribution in [1.82, 2.24) is 14.3 Å². The molecule has 0 aliphatic carbocycles. The molecule has 0 aliphatic heterocycles. The number of carbonyl (C=O) groups is 1. The lowest BCUT2D eigenvalue weighted by molar-refractivity contribution is -0.113. The van der Waals surface area contributed by atoms with E-state index in [1.807, 2.05) is 20.8 Å². The number of hydrogen-bond donors (Lipinski definition) is 1. The first-order valence-corrected chi connectivity index (χ1v) is 12.5. The molecule has 7 nitrogen and oxygen atoms in total. The van der Waals surface area contributed by atoms with E-state index < -0.39 is 10.0 Å². The van der Waals surface area contributed by atoms with Crippen LogP contribution >= 0.6 is 34.7 Å². The van der Waals surface area contributed by atoms with Crippen LogP contribution in [0, 0.1) is 20.8 Å². The number of amides is 1. The number of rotatable bonds is 6. The molecular weight excluding hydrogens is 464 g/mol. The van der Waals surface area contributed by atoms with Gasteiger partial charge in [-0.1, -0.05) is 23.4 Å². The van der Waals surface area contributed by atoms with Crippen LogP contribution in [0.4, 0.5) is 5.69 Å². The number of carbonyl (C=O) groups excluding carboxylic acids is 1. The number of thioether (sulfide) groups is 1.